The third-order valence-corrected chi connectivity index (χ3v) is 10.3. The molecule has 0 spiro atoms. The number of carbonyl (C=O) groups is 4. The number of fused-ring (bicyclic) bond motifs is 2. The highest BCUT2D eigenvalue weighted by molar-refractivity contribution is 7.89. The van der Waals surface area contributed by atoms with Crippen molar-refractivity contribution in [2.24, 2.45) is 5.92 Å². The minimum absolute atomic E-state index is 0.153. The topological polar surface area (TPSA) is 185 Å². The normalized spacial score (nSPS) is 21.3. The Kier molecular flexibility index (Phi) is 10.7. The van der Waals surface area contributed by atoms with Crippen molar-refractivity contribution in [1.82, 2.24) is 35.0 Å². The van der Waals surface area contributed by atoms with Crippen LogP contribution in [-0.4, -0.2) is 89.4 Å². The lowest BCUT2D eigenvalue weighted by Crippen LogP contribution is -2.54. The molecular weight excluding hydrogens is 652 g/mol. The SMILES string of the molecule is CC(=O)N1CCOc2ccc(S(=O)(=O)N3CC(=O)N[C@@H](Cc4ccccc4)c4nc(C)nn4CC(=O)N[C@H](C)C(=O)N[C@@H](C(C)C)C3)cc21. The molecule has 0 fully saturated rings. The molecule has 15 nitrogen and oxygen atoms in total. The molecule has 1 aromatic heterocycles. The van der Waals surface area contributed by atoms with Gasteiger partial charge < -0.3 is 25.6 Å². The molecule has 0 unspecified atom stereocenters. The van der Waals surface area contributed by atoms with Gasteiger partial charge in [0.2, 0.25) is 33.7 Å². The molecule has 2 aliphatic heterocycles. The average Bonchev–Trinajstić information content (AvgIpc) is 3.41. The Bertz CT molecular complexity index is 1830. The molecule has 0 saturated heterocycles. The van der Waals surface area contributed by atoms with Gasteiger partial charge in [-0.2, -0.15) is 9.40 Å². The number of anilines is 1. The van der Waals surface area contributed by atoms with E-state index in [-0.39, 0.29) is 49.4 Å². The summed E-state index contributed by atoms with van der Waals surface area (Å²) in [6.45, 7) is 7.60. The zero-order valence-corrected chi connectivity index (χ0v) is 29.0. The van der Waals surface area contributed by atoms with Crippen molar-refractivity contribution in [3.63, 3.8) is 0 Å². The molecular formula is C33H42N8O7S. The van der Waals surface area contributed by atoms with Gasteiger partial charge in [-0.05, 0) is 49.9 Å². The molecule has 2 aromatic carbocycles. The van der Waals surface area contributed by atoms with E-state index in [1.54, 1.807) is 6.92 Å². The Hall–Kier alpha value is -4.83. The largest absolute Gasteiger partial charge is 0.490 e. The van der Waals surface area contributed by atoms with Gasteiger partial charge in [0, 0.05) is 19.5 Å². The number of aromatic nitrogens is 3. The fourth-order valence-electron chi connectivity index (χ4n) is 5.82. The number of carbonyl (C=O) groups excluding carboxylic acids is 4. The Labute approximate surface area is 285 Å². The summed E-state index contributed by atoms with van der Waals surface area (Å²) in [7, 11) is -4.40. The van der Waals surface area contributed by atoms with Gasteiger partial charge in [0.1, 0.15) is 30.8 Å². The van der Waals surface area contributed by atoms with Gasteiger partial charge in [0.05, 0.1) is 29.7 Å². The second kappa shape index (κ2) is 14.7. The number of ether oxygens (including phenoxy) is 1. The van der Waals surface area contributed by atoms with Gasteiger partial charge in [0.15, 0.2) is 5.82 Å². The zero-order chi connectivity index (χ0) is 35.5. The van der Waals surface area contributed by atoms with Crippen LogP contribution in [0.25, 0.3) is 0 Å². The number of rotatable bonds is 5. The van der Waals surface area contributed by atoms with Gasteiger partial charge in [-0.1, -0.05) is 44.2 Å². The predicted molar refractivity (Wildman–Crippen MR) is 179 cm³/mol. The van der Waals surface area contributed by atoms with Crippen LogP contribution in [0.1, 0.15) is 50.9 Å². The van der Waals surface area contributed by atoms with E-state index >= 15 is 0 Å². The van der Waals surface area contributed by atoms with Crippen molar-refractivity contribution in [2.75, 3.05) is 31.1 Å². The lowest BCUT2D eigenvalue weighted by atomic mass is 10.0. The standard InChI is InChI=1S/C33H42N8O7S/c1-20(2)27-17-39(49(46,47)25-11-12-29-28(16-25)40(23(5)42)13-14-48-29)18-30(43)36-26(15-24-9-7-6-8-10-24)32-35-22(4)38-41(32)19-31(44)34-21(3)33(45)37-27/h6-12,16,20-21,26-27H,13-15,17-19H2,1-5H3,(H,34,44)(H,36,43)(H,37,45)/t21-,26+,27-/m1/s1. The van der Waals surface area contributed by atoms with Crippen LogP contribution in [-0.2, 0) is 42.2 Å². The number of hydrogen-bond acceptors (Lipinski definition) is 9. The molecule has 3 heterocycles. The van der Waals surface area contributed by atoms with E-state index in [2.05, 4.69) is 26.0 Å². The van der Waals surface area contributed by atoms with Gasteiger partial charge in [-0.25, -0.2) is 18.1 Å². The van der Waals surface area contributed by atoms with Crippen LogP contribution in [0.5, 0.6) is 5.75 Å². The molecule has 3 atom stereocenters. The quantitative estimate of drug-likeness (QED) is 0.352. The minimum Gasteiger partial charge on any atom is -0.490 e. The van der Waals surface area contributed by atoms with E-state index in [4.69, 9.17) is 4.74 Å². The molecule has 2 aliphatic rings. The van der Waals surface area contributed by atoms with Crippen molar-refractivity contribution in [2.45, 2.75) is 70.6 Å². The molecule has 49 heavy (non-hydrogen) atoms. The van der Waals surface area contributed by atoms with Crippen LogP contribution in [0.2, 0.25) is 0 Å². The van der Waals surface area contributed by atoms with E-state index in [9.17, 15) is 27.6 Å². The Balaban J connectivity index is 1.57. The second-order valence-electron chi connectivity index (χ2n) is 12.6. The van der Waals surface area contributed by atoms with Gasteiger partial charge >= 0.3 is 0 Å². The number of nitrogens with one attached hydrogen (secondary N) is 3. The van der Waals surface area contributed by atoms with Gasteiger partial charge in [0.25, 0.3) is 0 Å². The monoisotopic (exact) mass is 694 g/mol. The zero-order valence-electron chi connectivity index (χ0n) is 28.2. The summed E-state index contributed by atoms with van der Waals surface area (Å²) < 4.78 is 36.9. The first-order valence-electron chi connectivity index (χ1n) is 16.1. The first kappa shape index (κ1) is 35.5. The number of hydrogen-bond donors (Lipinski definition) is 3. The highest BCUT2D eigenvalue weighted by Crippen LogP contribution is 2.35. The molecule has 0 saturated carbocycles. The van der Waals surface area contributed by atoms with E-state index in [0.29, 0.717) is 23.1 Å². The maximum atomic E-state index is 14.4. The van der Waals surface area contributed by atoms with Crippen LogP contribution in [0.4, 0.5) is 5.69 Å². The maximum absolute atomic E-state index is 14.4. The molecule has 0 aliphatic carbocycles. The van der Waals surface area contributed by atoms with Crippen molar-refractivity contribution >= 4 is 39.3 Å². The summed E-state index contributed by atoms with van der Waals surface area (Å²) in [5.41, 5.74) is 1.17. The van der Waals surface area contributed by atoms with E-state index in [1.165, 1.54) is 41.6 Å². The first-order chi connectivity index (χ1) is 23.2. The third-order valence-electron chi connectivity index (χ3n) is 8.46. The van der Waals surface area contributed by atoms with Crippen molar-refractivity contribution in [3.05, 3.63) is 65.7 Å². The van der Waals surface area contributed by atoms with E-state index in [1.807, 2.05) is 44.2 Å². The third kappa shape index (κ3) is 8.25. The fraction of sp³-hybridized carbons (Fsp3) is 0.455. The molecule has 0 bridgehead atoms. The molecule has 3 aromatic rings. The van der Waals surface area contributed by atoms with E-state index < -0.39 is 52.4 Å². The van der Waals surface area contributed by atoms with Crippen molar-refractivity contribution in [1.29, 1.82) is 0 Å². The number of benzene rings is 2. The number of aryl methyl sites for hydroxylation is 1. The Morgan fingerprint density at radius 2 is 1.73 bits per heavy atom. The Morgan fingerprint density at radius 1 is 1.02 bits per heavy atom. The summed E-state index contributed by atoms with van der Waals surface area (Å²) in [6, 6.07) is 11.1. The lowest BCUT2D eigenvalue weighted by Gasteiger charge is -2.32. The summed E-state index contributed by atoms with van der Waals surface area (Å²) >= 11 is 0. The molecule has 16 heteroatoms. The number of nitrogens with zero attached hydrogens (tertiary/aromatic N) is 5. The van der Waals surface area contributed by atoms with Crippen LogP contribution < -0.4 is 25.6 Å². The fourth-order valence-corrected chi connectivity index (χ4v) is 7.27. The number of sulfonamides is 1. The molecule has 3 N–H and O–H groups in total. The summed E-state index contributed by atoms with van der Waals surface area (Å²) in [5, 5.41) is 12.9. The van der Waals surface area contributed by atoms with Crippen LogP contribution in [0.15, 0.2) is 53.4 Å². The minimum atomic E-state index is -4.40. The van der Waals surface area contributed by atoms with Crippen molar-refractivity contribution in [3.8, 4) is 5.75 Å². The molecule has 262 valence electrons. The van der Waals surface area contributed by atoms with Crippen LogP contribution in [0.3, 0.4) is 0 Å². The van der Waals surface area contributed by atoms with Crippen molar-refractivity contribution < 1.29 is 32.3 Å². The first-order valence-corrected chi connectivity index (χ1v) is 17.6. The highest BCUT2D eigenvalue weighted by Gasteiger charge is 2.35. The van der Waals surface area contributed by atoms with Crippen LogP contribution >= 0.6 is 0 Å². The summed E-state index contributed by atoms with van der Waals surface area (Å²) in [6.07, 6.45) is 0.274. The smallest absolute Gasteiger partial charge is 0.243 e. The summed E-state index contributed by atoms with van der Waals surface area (Å²) in [4.78, 5) is 58.6. The molecule has 4 amide bonds. The lowest BCUT2D eigenvalue weighted by molar-refractivity contribution is -0.129. The summed E-state index contributed by atoms with van der Waals surface area (Å²) in [5.74, 6) is -1.17. The van der Waals surface area contributed by atoms with Crippen LogP contribution in [0, 0.1) is 12.8 Å². The maximum Gasteiger partial charge on any atom is 0.243 e. The van der Waals surface area contributed by atoms with E-state index in [0.717, 1.165) is 9.87 Å². The average molecular weight is 695 g/mol. The molecule has 5 rings (SSSR count). The molecule has 0 radical (unpaired) electrons. The number of amides is 4. The Morgan fingerprint density at radius 3 is 2.43 bits per heavy atom. The van der Waals surface area contributed by atoms with Gasteiger partial charge in [-0.15, -0.1) is 0 Å². The highest BCUT2D eigenvalue weighted by atomic mass is 32.2. The van der Waals surface area contributed by atoms with Gasteiger partial charge in [-0.3, -0.25) is 19.2 Å². The predicted octanol–water partition coefficient (Wildman–Crippen LogP) is 1.08. The second-order valence-corrected chi connectivity index (χ2v) is 14.5.